The van der Waals surface area contributed by atoms with Crippen molar-refractivity contribution in [2.24, 2.45) is 11.7 Å². The Morgan fingerprint density at radius 2 is 1.93 bits per heavy atom. The number of carbonyl (C=O) groups is 1. The first-order valence-electron chi connectivity index (χ1n) is 5.53. The van der Waals surface area contributed by atoms with E-state index in [0.717, 1.165) is 26.2 Å². The van der Waals surface area contributed by atoms with Crippen LogP contribution in [0.15, 0.2) is 0 Å². The average molecular weight is 197 g/mol. The molecule has 2 atom stereocenters. The lowest BCUT2D eigenvalue weighted by molar-refractivity contribution is -0.122. The first-order chi connectivity index (χ1) is 6.79. The molecule has 2 heterocycles. The molecule has 0 saturated carbocycles. The standard InChI is InChI=1S/C10H19N3O/c11-10(14)8-6-12-7-9(8)13-4-2-1-3-5-13/h8-9,12H,1-7H2,(H2,11,14). The molecule has 3 N–H and O–H groups in total. The molecular formula is C10H19N3O. The summed E-state index contributed by atoms with van der Waals surface area (Å²) in [5, 5.41) is 3.26. The molecule has 2 rings (SSSR count). The van der Waals surface area contributed by atoms with Crippen LogP contribution in [0.5, 0.6) is 0 Å². The van der Waals surface area contributed by atoms with Gasteiger partial charge in [0.1, 0.15) is 0 Å². The van der Waals surface area contributed by atoms with Crippen LogP contribution in [0.25, 0.3) is 0 Å². The Bertz CT molecular complexity index is 213. The monoisotopic (exact) mass is 197 g/mol. The zero-order valence-corrected chi connectivity index (χ0v) is 8.54. The molecule has 0 spiro atoms. The number of rotatable bonds is 2. The molecule has 0 aliphatic carbocycles. The van der Waals surface area contributed by atoms with Crippen molar-refractivity contribution >= 4 is 5.91 Å². The second-order valence-corrected chi connectivity index (χ2v) is 4.33. The molecule has 2 aliphatic rings. The minimum atomic E-state index is -0.148. The van der Waals surface area contributed by atoms with Crippen molar-refractivity contribution in [1.29, 1.82) is 0 Å². The van der Waals surface area contributed by atoms with Crippen LogP contribution in [0.3, 0.4) is 0 Å². The lowest BCUT2D eigenvalue weighted by Gasteiger charge is -2.34. The molecule has 2 fully saturated rings. The van der Waals surface area contributed by atoms with Crippen LogP contribution < -0.4 is 11.1 Å². The van der Waals surface area contributed by atoms with E-state index >= 15 is 0 Å². The normalized spacial score (nSPS) is 34.6. The third-order valence-electron chi connectivity index (χ3n) is 3.41. The van der Waals surface area contributed by atoms with Crippen molar-refractivity contribution in [3.05, 3.63) is 0 Å². The lowest BCUT2D eigenvalue weighted by Crippen LogP contribution is -2.47. The summed E-state index contributed by atoms with van der Waals surface area (Å²) in [4.78, 5) is 13.6. The van der Waals surface area contributed by atoms with E-state index in [0.29, 0.717) is 6.04 Å². The quantitative estimate of drug-likeness (QED) is 0.630. The van der Waals surface area contributed by atoms with Crippen LogP contribution >= 0.6 is 0 Å². The number of carbonyl (C=O) groups excluding carboxylic acids is 1. The molecule has 1 amide bonds. The maximum Gasteiger partial charge on any atom is 0.223 e. The van der Waals surface area contributed by atoms with Gasteiger partial charge in [0.05, 0.1) is 5.92 Å². The van der Waals surface area contributed by atoms with Gasteiger partial charge in [-0.1, -0.05) is 6.42 Å². The number of piperidine rings is 1. The Morgan fingerprint density at radius 1 is 1.21 bits per heavy atom. The van der Waals surface area contributed by atoms with Crippen molar-refractivity contribution < 1.29 is 4.79 Å². The van der Waals surface area contributed by atoms with Crippen molar-refractivity contribution in [2.75, 3.05) is 26.2 Å². The Kier molecular flexibility index (Phi) is 3.03. The topological polar surface area (TPSA) is 58.4 Å². The van der Waals surface area contributed by atoms with E-state index in [9.17, 15) is 4.79 Å². The smallest absolute Gasteiger partial charge is 0.223 e. The second-order valence-electron chi connectivity index (χ2n) is 4.33. The van der Waals surface area contributed by atoms with Crippen molar-refractivity contribution in [1.82, 2.24) is 10.2 Å². The highest BCUT2D eigenvalue weighted by molar-refractivity contribution is 5.78. The molecule has 2 aliphatic heterocycles. The van der Waals surface area contributed by atoms with Crippen LogP contribution in [0.4, 0.5) is 0 Å². The number of nitrogens with zero attached hydrogens (tertiary/aromatic N) is 1. The highest BCUT2D eigenvalue weighted by atomic mass is 16.1. The SMILES string of the molecule is NC(=O)C1CNCC1N1CCCCC1. The summed E-state index contributed by atoms with van der Waals surface area (Å²) in [5.74, 6) is -0.126. The minimum Gasteiger partial charge on any atom is -0.369 e. The van der Waals surface area contributed by atoms with Gasteiger partial charge < -0.3 is 11.1 Å². The Labute approximate surface area is 84.8 Å². The molecule has 0 radical (unpaired) electrons. The van der Waals surface area contributed by atoms with Gasteiger partial charge >= 0.3 is 0 Å². The number of nitrogens with two attached hydrogens (primary N) is 1. The van der Waals surface area contributed by atoms with Gasteiger partial charge in [0.2, 0.25) is 5.91 Å². The predicted molar refractivity (Wildman–Crippen MR) is 54.8 cm³/mol. The number of nitrogens with one attached hydrogen (secondary N) is 1. The van der Waals surface area contributed by atoms with E-state index in [1.54, 1.807) is 0 Å². The van der Waals surface area contributed by atoms with Gasteiger partial charge in [0.25, 0.3) is 0 Å². The van der Waals surface area contributed by atoms with Gasteiger partial charge in [-0.2, -0.15) is 0 Å². The Hall–Kier alpha value is -0.610. The van der Waals surface area contributed by atoms with Crippen LogP contribution in [0.1, 0.15) is 19.3 Å². The number of hydrogen-bond acceptors (Lipinski definition) is 3. The number of likely N-dealkylation sites (tertiary alicyclic amines) is 1. The highest BCUT2D eigenvalue weighted by Gasteiger charge is 2.35. The van der Waals surface area contributed by atoms with E-state index in [2.05, 4.69) is 10.2 Å². The van der Waals surface area contributed by atoms with Crippen molar-refractivity contribution in [2.45, 2.75) is 25.3 Å². The fraction of sp³-hybridized carbons (Fsp3) is 0.900. The van der Waals surface area contributed by atoms with Gasteiger partial charge in [-0.15, -0.1) is 0 Å². The van der Waals surface area contributed by atoms with Gasteiger partial charge in [0, 0.05) is 19.1 Å². The Morgan fingerprint density at radius 3 is 2.57 bits per heavy atom. The van der Waals surface area contributed by atoms with Crippen LogP contribution in [-0.2, 0) is 4.79 Å². The summed E-state index contributed by atoms with van der Waals surface area (Å²) in [6, 6.07) is 0.354. The molecule has 0 aromatic heterocycles. The molecular weight excluding hydrogens is 178 g/mol. The zero-order valence-electron chi connectivity index (χ0n) is 8.54. The van der Waals surface area contributed by atoms with E-state index in [1.165, 1.54) is 19.3 Å². The second kappa shape index (κ2) is 4.28. The third kappa shape index (κ3) is 1.91. The lowest BCUT2D eigenvalue weighted by atomic mass is 9.99. The zero-order chi connectivity index (χ0) is 9.97. The summed E-state index contributed by atoms with van der Waals surface area (Å²) in [6.45, 7) is 3.95. The van der Waals surface area contributed by atoms with Crippen LogP contribution in [-0.4, -0.2) is 43.0 Å². The van der Waals surface area contributed by atoms with Crippen LogP contribution in [0, 0.1) is 5.92 Å². The maximum atomic E-state index is 11.2. The highest BCUT2D eigenvalue weighted by Crippen LogP contribution is 2.20. The summed E-state index contributed by atoms with van der Waals surface area (Å²) in [5.41, 5.74) is 5.39. The number of amides is 1. The number of hydrogen-bond donors (Lipinski definition) is 2. The molecule has 14 heavy (non-hydrogen) atoms. The molecule has 2 saturated heterocycles. The first kappa shape index (κ1) is 9.93. The summed E-state index contributed by atoms with van der Waals surface area (Å²) in [6.07, 6.45) is 3.86. The van der Waals surface area contributed by atoms with Gasteiger partial charge in [-0.3, -0.25) is 9.69 Å². The van der Waals surface area contributed by atoms with E-state index in [1.807, 2.05) is 0 Å². The van der Waals surface area contributed by atoms with Crippen LogP contribution in [0.2, 0.25) is 0 Å². The van der Waals surface area contributed by atoms with Crippen molar-refractivity contribution in [3.63, 3.8) is 0 Å². The molecule has 0 bridgehead atoms. The largest absolute Gasteiger partial charge is 0.369 e. The van der Waals surface area contributed by atoms with Gasteiger partial charge in [-0.25, -0.2) is 0 Å². The molecule has 80 valence electrons. The third-order valence-corrected chi connectivity index (χ3v) is 3.41. The summed E-state index contributed by atoms with van der Waals surface area (Å²) in [7, 11) is 0. The van der Waals surface area contributed by atoms with Crippen molar-refractivity contribution in [3.8, 4) is 0 Å². The fourth-order valence-electron chi connectivity index (χ4n) is 2.59. The van der Waals surface area contributed by atoms with E-state index < -0.39 is 0 Å². The van der Waals surface area contributed by atoms with E-state index in [4.69, 9.17) is 5.73 Å². The van der Waals surface area contributed by atoms with E-state index in [-0.39, 0.29) is 11.8 Å². The fourth-order valence-corrected chi connectivity index (χ4v) is 2.59. The number of primary amides is 1. The molecule has 2 unspecified atom stereocenters. The molecule has 4 heteroatoms. The summed E-state index contributed by atoms with van der Waals surface area (Å²) < 4.78 is 0. The Balaban J connectivity index is 1.97. The average Bonchev–Trinajstić information content (AvgIpc) is 2.67. The van der Waals surface area contributed by atoms with Gasteiger partial charge in [-0.05, 0) is 25.9 Å². The summed E-state index contributed by atoms with van der Waals surface area (Å²) >= 11 is 0. The minimum absolute atomic E-state index is 0.0214. The first-order valence-corrected chi connectivity index (χ1v) is 5.53. The molecule has 4 nitrogen and oxygen atoms in total. The predicted octanol–water partition coefficient (Wildman–Crippen LogP) is -0.454. The molecule has 0 aromatic carbocycles. The maximum absolute atomic E-state index is 11.2. The van der Waals surface area contributed by atoms with Gasteiger partial charge in [0.15, 0.2) is 0 Å². The molecule has 0 aromatic rings.